The zero-order valence-corrected chi connectivity index (χ0v) is 16.8. The molecule has 2 amide bonds. The molecule has 2 N–H and O–H groups in total. The molecule has 1 heterocycles. The summed E-state index contributed by atoms with van der Waals surface area (Å²) in [5, 5.41) is 5.50. The summed E-state index contributed by atoms with van der Waals surface area (Å²) in [5.74, 6) is 0.447. The highest BCUT2D eigenvalue weighted by Crippen LogP contribution is 2.08. The summed E-state index contributed by atoms with van der Waals surface area (Å²) >= 11 is 0. The Morgan fingerprint density at radius 2 is 1.72 bits per heavy atom. The van der Waals surface area contributed by atoms with Crippen molar-refractivity contribution in [2.24, 2.45) is 0 Å². The molecule has 6 heteroatoms. The van der Waals surface area contributed by atoms with Crippen LogP contribution in [0.5, 0.6) is 0 Å². The van der Waals surface area contributed by atoms with E-state index < -0.39 is 0 Å². The molecule has 0 aliphatic rings. The third kappa shape index (κ3) is 6.04. The summed E-state index contributed by atoms with van der Waals surface area (Å²) in [6, 6.07) is 15.8. The largest absolute Gasteiger partial charge is 0.354 e. The van der Waals surface area contributed by atoms with Crippen molar-refractivity contribution in [3.63, 3.8) is 0 Å². The molecule has 0 aliphatic heterocycles. The second-order valence-electron chi connectivity index (χ2n) is 7.12. The van der Waals surface area contributed by atoms with Crippen LogP contribution in [-0.4, -0.2) is 34.5 Å². The van der Waals surface area contributed by atoms with Crippen LogP contribution < -0.4 is 10.6 Å². The molecule has 0 aliphatic carbocycles. The SMILES string of the molecule is Cc1cc(C)cc(C(=O)NCC(=O)NCCc2nccn2Cc2ccccc2)c1. The lowest BCUT2D eigenvalue weighted by molar-refractivity contribution is -0.120. The van der Waals surface area contributed by atoms with Gasteiger partial charge in [0.25, 0.3) is 5.91 Å². The zero-order chi connectivity index (χ0) is 20.6. The Kier molecular flexibility index (Phi) is 6.79. The Bertz CT molecular complexity index is 959. The second-order valence-corrected chi connectivity index (χ2v) is 7.12. The summed E-state index contributed by atoms with van der Waals surface area (Å²) < 4.78 is 2.07. The lowest BCUT2D eigenvalue weighted by atomic mass is 10.1. The first-order valence-corrected chi connectivity index (χ1v) is 9.68. The predicted molar refractivity (Wildman–Crippen MR) is 113 cm³/mol. The van der Waals surface area contributed by atoms with Gasteiger partial charge in [0.15, 0.2) is 0 Å². The van der Waals surface area contributed by atoms with Crippen molar-refractivity contribution in [2.45, 2.75) is 26.8 Å². The van der Waals surface area contributed by atoms with E-state index >= 15 is 0 Å². The highest BCUT2D eigenvalue weighted by Gasteiger charge is 2.10. The Morgan fingerprint density at radius 3 is 2.45 bits per heavy atom. The molecule has 0 bridgehead atoms. The van der Waals surface area contributed by atoms with E-state index in [1.807, 2.05) is 56.4 Å². The predicted octanol–water partition coefficient (Wildman–Crippen LogP) is 2.64. The number of hydrogen-bond acceptors (Lipinski definition) is 3. The van der Waals surface area contributed by atoms with Crippen LogP contribution in [0.4, 0.5) is 0 Å². The van der Waals surface area contributed by atoms with E-state index in [0.29, 0.717) is 18.5 Å². The van der Waals surface area contributed by atoms with E-state index in [1.165, 1.54) is 5.56 Å². The van der Waals surface area contributed by atoms with Crippen molar-refractivity contribution in [2.75, 3.05) is 13.1 Å². The standard InChI is InChI=1S/C23H26N4O2/c1-17-12-18(2)14-20(13-17)23(29)26-15-22(28)25-9-8-21-24-10-11-27(21)16-19-6-4-3-5-7-19/h3-7,10-14H,8-9,15-16H2,1-2H3,(H,25,28)(H,26,29). The summed E-state index contributed by atoms with van der Waals surface area (Å²) in [6.45, 7) is 5.04. The van der Waals surface area contributed by atoms with E-state index in [0.717, 1.165) is 23.5 Å². The number of aryl methyl sites for hydroxylation is 2. The topological polar surface area (TPSA) is 76.0 Å². The minimum Gasteiger partial charge on any atom is -0.354 e. The number of nitrogens with zero attached hydrogens (tertiary/aromatic N) is 2. The van der Waals surface area contributed by atoms with E-state index in [4.69, 9.17) is 0 Å². The van der Waals surface area contributed by atoms with Crippen molar-refractivity contribution >= 4 is 11.8 Å². The summed E-state index contributed by atoms with van der Waals surface area (Å²) in [7, 11) is 0. The van der Waals surface area contributed by atoms with Crippen molar-refractivity contribution in [1.82, 2.24) is 20.2 Å². The van der Waals surface area contributed by atoms with Crippen LogP contribution in [0, 0.1) is 13.8 Å². The lowest BCUT2D eigenvalue weighted by Gasteiger charge is -2.10. The van der Waals surface area contributed by atoms with E-state index in [9.17, 15) is 9.59 Å². The van der Waals surface area contributed by atoms with Gasteiger partial charge >= 0.3 is 0 Å². The minimum absolute atomic E-state index is 0.0513. The first-order chi connectivity index (χ1) is 14.0. The Labute approximate surface area is 171 Å². The van der Waals surface area contributed by atoms with Crippen LogP contribution in [-0.2, 0) is 17.8 Å². The van der Waals surface area contributed by atoms with E-state index in [1.54, 1.807) is 6.20 Å². The van der Waals surface area contributed by atoms with E-state index in [2.05, 4.69) is 32.3 Å². The number of imidazole rings is 1. The Hall–Kier alpha value is -3.41. The van der Waals surface area contributed by atoms with Gasteiger partial charge in [-0.05, 0) is 31.5 Å². The van der Waals surface area contributed by atoms with Crippen molar-refractivity contribution < 1.29 is 9.59 Å². The van der Waals surface area contributed by atoms with Crippen molar-refractivity contribution in [3.05, 3.63) is 89.0 Å². The third-order valence-electron chi connectivity index (χ3n) is 4.56. The average molecular weight is 390 g/mol. The van der Waals surface area contributed by atoms with Crippen LogP contribution in [0.2, 0.25) is 0 Å². The smallest absolute Gasteiger partial charge is 0.251 e. The molecule has 0 radical (unpaired) electrons. The van der Waals surface area contributed by atoms with Gasteiger partial charge in [-0.2, -0.15) is 0 Å². The monoisotopic (exact) mass is 390 g/mol. The molecule has 0 saturated heterocycles. The molecular formula is C23H26N4O2. The summed E-state index contributed by atoms with van der Waals surface area (Å²) in [4.78, 5) is 28.7. The number of carbonyl (C=O) groups excluding carboxylic acids is 2. The number of hydrogen-bond donors (Lipinski definition) is 2. The van der Waals surface area contributed by atoms with Gasteiger partial charge in [0.2, 0.25) is 5.91 Å². The Morgan fingerprint density at radius 1 is 1.00 bits per heavy atom. The number of aromatic nitrogens is 2. The van der Waals surface area contributed by atoms with Gasteiger partial charge in [0.05, 0.1) is 6.54 Å². The molecule has 0 atom stereocenters. The van der Waals surface area contributed by atoms with Gasteiger partial charge in [0.1, 0.15) is 5.82 Å². The van der Waals surface area contributed by atoms with Crippen molar-refractivity contribution in [3.8, 4) is 0 Å². The van der Waals surface area contributed by atoms with Crippen LogP contribution in [0.15, 0.2) is 60.9 Å². The molecule has 150 valence electrons. The fraction of sp³-hybridized carbons (Fsp3) is 0.261. The fourth-order valence-corrected chi connectivity index (χ4v) is 3.24. The van der Waals surface area contributed by atoms with Gasteiger partial charge in [0, 0.05) is 37.5 Å². The normalized spacial score (nSPS) is 10.6. The zero-order valence-electron chi connectivity index (χ0n) is 16.8. The molecule has 29 heavy (non-hydrogen) atoms. The number of nitrogens with one attached hydrogen (secondary N) is 2. The van der Waals surface area contributed by atoms with Gasteiger partial charge in [-0.1, -0.05) is 47.5 Å². The van der Waals surface area contributed by atoms with Gasteiger partial charge in [-0.25, -0.2) is 4.98 Å². The van der Waals surface area contributed by atoms with Crippen LogP contribution in [0.25, 0.3) is 0 Å². The molecule has 6 nitrogen and oxygen atoms in total. The molecule has 0 unspecified atom stereocenters. The maximum absolute atomic E-state index is 12.2. The Balaban J connectivity index is 1.43. The van der Waals surface area contributed by atoms with Gasteiger partial charge < -0.3 is 15.2 Å². The van der Waals surface area contributed by atoms with Crippen molar-refractivity contribution in [1.29, 1.82) is 0 Å². The number of rotatable bonds is 8. The number of carbonyl (C=O) groups is 2. The van der Waals surface area contributed by atoms with Crippen LogP contribution >= 0.6 is 0 Å². The fourth-order valence-electron chi connectivity index (χ4n) is 3.24. The molecule has 2 aromatic carbocycles. The highest BCUT2D eigenvalue weighted by atomic mass is 16.2. The molecule has 0 spiro atoms. The van der Waals surface area contributed by atoms with Gasteiger partial charge in [-0.15, -0.1) is 0 Å². The average Bonchev–Trinajstić information content (AvgIpc) is 3.13. The number of benzene rings is 2. The second kappa shape index (κ2) is 9.68. The maximum atomic E-state index is 12.2. The van der Waals surface area contributed by atoms with Gasteiger partial charge in [-0.3, -0.25) is 9.59 Å². The lowest BCUT2D eigenvalue weighted by Crippen LogP contribution is -2.37. The molecule has 0 fully saturated rings. The minimum atomic E-state index is -0.245. The maximum Gasteiger partial charge on any atom is 0.251 e. The molecule has 3 rings (SSSR count). The van der Waals surface area contributed by atoms with Crippen LogP contribution in [0.3, 0.4) is 0 Å². The molecule has 1 aromatic heterocycles. The first kappa shape index (κ1) is 20.3. The highest BCUT2D eigenvalue weighted by molar-refractivity contribution is 5.96. The first-order valence-electron chi connectivity index (χ1n) is 9.68. The summed E-state index contributed by atoms with van der Waals surface area (Å²) in [5.41, 5.74) is 3.80. The molecular weight excluding hydrogens is 364 g/mol. The van der Waals surface area contributed by atoms with Crippen LogP contribution in [0.1, 0.15) is 32.9 Å². The summed E-state index contributed by atoms with van der Waals surface area (Å²) in [6.07, 6.45) is 4.33. The molecule has 3 aromatic rings. The quantitative estimate of drug-likeness (QED) is 0.621. The number of amides is 2. The third-order valence-corrected chi connectivity index (χ3v) is 4.56. The van der Waals surface area contributed by atoms with E-state index in [-0.39, 0.29) is 18.4 Å². The molecule has 0 saturated carbocycles.